The van der Waals surface area contributed by atoms with Crippen LogP contribution in [0.3, 0.4) is 0 Å². The molecule has 168 valence electrons. The summed E-state index contributed by atoms with van der Waals surface area (Å²) in [5, 5.41) is 6.58. The van der Waals surface area contributed by atoms with Gasteiger partial charge in [0.25, 0.3) is 0 Å². The quantitative estimate of drug-likeness (QED) is 0.503. The van der Waals surface area contributed by atoms with Crippen LogP contribution in [0.25, 0.3) is 0 Å². The van der Waals surface area contributed by atoms with E-state index in [1.807, 2.05) is 25.1 Å². The minimum absolute atomic E-state index is 0.180. The highest BCUT2D eigenvalue weighted by atomic mass is 32.2. The summed E-state index contributed by atoms with van der Waals surface area (Å²) in [6, 6.07) is 9.39. The first-order valence-corrected chi connectivity index (χ1v) is 12.3. The van der Waals surface area contributed by atoms with Gasteiger partial charge in [-0.25, -0.2) is 13.4 Å². The second-order valence-corrected chi connectivity index (χ2v) is 9.81. The Morgan fingerprint density at radius 2 is 2.03 bits per heavy atom. The fraction of sp³-hybridized carbons (Fsp3) is 0.435. The molecule has 2 aromatic rings. The summed E-state index contributed by atoms with van der Waals surface area (Å²) in [7, 11) is -1.55. The predicted molar refractivity (Wildman–Crippen MR) is 123 cm³/mol. The molecule has 8 heteroatoms. The van der Waals surface area contributed by atoms with Crippen molar-refractivity contribution < 1.29 is 17.9 Å². The third-order valence-corrected chi connectivity index (χ3v) is 6.41. The highest BCUT2D eigenvalue weighted by molar-refractivity contribution is 7.90. The van der Waals surface area contributed by atoms with Gasteiger partial charge in [-0.2, -0.15) is 0 Å². The Hall–Kier alpha value is -2.74. The lowest BCUT2D eigenvalue weighted by molar-refractivity contribution is 0.254. The molecule has 0 aromatic heterocycles. The number of aliphatic imine (C=N–C) groups is 1. The van der Waals surface area contributed by atoms with E-state index in [9.17, 15) is 8.42 Å². The van der Waals surface area contributed by atoms with Crippen molar-refractivity contribution in [3.63, 3.8) is 0 Å². The summed E-state index contributed by atoms with van der Waals surface area (Å²) in [6.07, 6.45) is 2.29. The summed E-state index contributed by atoms with van der Waals surface area (Å²) in [5.41, 5.74) is 3.83. The van der Waals surface area contributed by atoms with E-state index in [4.69, 9.17) is 9.47 Å². The summed E-state index contributed by atoms with van der Waals surface area (Å²) in [6.45, 7) is 7.56. The molecule has 1 atom stereocenters. The fourth-order valence-corrected chi connectivity index (χ4v) is 4.69. The lowest BCUT2D eigenvalue weighted by Crippen LogP contribution is -2.36. The van der Waals surface area contributed by atoms with Gasteiger partial charge in [0, 0.05) is 36.9 Å². The van der Waals surface area contributed by atoms with Gasteiger partial charge in [-0.1, -0.05) is 12.1 Å². The van der Waals surface area contributed by atoms with Crippen LogP contribution in [-0.2, 0) is 29.3 Å². The molecule has 1 aliphatic rings. The number of guanidine groups is 1. The molecule has 0 fully saturated rings. The molecule has 0 amide bonds. The second kappa shape index (κ2) is 9.60. The summed E-state index contributed by atoms with van der Waals surface area (Å²) in [5.74, 6) is 2.41. The van der Waals surface area contributed by atoms with Crippen molar-refractivity contribution in [1.29, 1.82) is 0 Å². The smallest absolute Gasteiger partial charge is 0.191 e. The zero-order valence-corrected chi connectivity index (χ0v) is 19.6. The Labute approximate surface area is 184 Å². The van der Waals surface area contributed by atoms with E-state index in [0.29, 0.717) is 23.9 Å². The number of nitrogens with zero attached hydrogens (tertiary/aromatic N) is 1. The number of fused-ring (bicyclic) bond motifs is 1. The third kappa shape index (κ3) is 5.70. The average molecular weight is 446 g/mol. The SMILES string of the molecule is CCNC(=NCc1ccc(S(C)(=O)=O)c(C)c1)NCc1cc2c(cc1OC)CC(C)O2. The molecule has 2 N–H and O–H groups in total. The van der Waals surface area contributed by atoms with Crippen molar-refractivity contribution in [1.82, 2.24) is 10.6 Å². The van der Waals surface area contributed by atoms with Crippen LogP contribution in [0.4, 0.5) is 0 Å². The molecule has 2 aromatic carbocycles. The van der Waals surface area contributed by atoms with Crippen molar-refractivity contribution in [3.05, 3.63) is 52.6 Å². The fourth-order valence-electron chi connectivity index (χ4n) is 3.73. The lowest BCUT2D eigenvalue weighted by atomic mass is 10.1. The first kappa shape index (κ1) is 22.9. The van der Waals surface area contributed by atoms with Crippen LogP contribution in [0.15, 0.2) is 40.2 Å². The van der Waals surface area contributed by atoms with Crippen molar-refractivity contribution in [2.45, 2.75) is 51.3 Å². The van der Waals surface area contributed by atoms with Crippen LogP contribution >= 0.6 is 0 Å². The van der Waals surface area contributed by atoms with E-state index in [0.717, 1.165) is 41.2 Å². The first-order chi connectivity index (χ1) is 14.7. The van der Waals surface area contributed by atoms with Gasteiger partial charge in [0.2, 0.25) is 0 Å². The van der Waals surface area contributed by atoms with Crippen molar-refractivity contribution in [2.75, 3.05) is 19.9 Å². The number of hydrogen-bond donors (Lipinski definition) is 2. The summed E-state index contributed by atoms with van der Waals surface area (Å²) >= 11 is 0. The van der Waals surface area contributed by atoms with E-state index >= 15 is 0 Å². The van der Waals surface area contributed by atoms with Crippen LogP contribution < -0.4 is 20.1 Å². The number of hydrogen-bond acceptors (Lipinski definition) is 5. The minimum Gasteiger partial charge on any atom is -0.496 e. The topological polar surface area (TPSA) is 89.0 Å². The van der Waals surface area contributed by atoms with Crippen LogP contribution in [0.5, 0.6) is 11.5 Å². The molecule has 3 rings (SSSR count). The summed E-state index contributed by atoms with van der Waals surface area (Å²) in [4.78, 5) is 5.00. The normalized spacial score (nSPS) is 15.9. The van der Waals surface area contributed by atoms with Gasteiger partial charge in [-0.15, -0.1) is 0 Å². The lowest BCUT2D eigenvalue weighted by Gasteiger charge is -2.15. The van der Waals surface area contributed by atoms with Crippen LogP contribution in [0.1, 0.15) is 36.1 Å². The highest BCUT2D eigenvalue weighted by Crippen LogP contribution is 2.34. The maximum atomic E-state index is 11.8. The van der Waals surface area contributed by atoms with E-state index < -0.39 is 9.84 Å². The van der Waals surface area contributed by atoms with Crippen LogP contribution in [0, 0.1) is 6.92 Å². The molecular weight excluding hydrogens is 414 g/mol. The molecule has 1 unspecified atom stereocenters. The maximum Gasteiger partial charge on any atom is 0.191 e. The van der Waals surface area contributed by atoms with Gasteiger partial charge in [0.15, 0.2) is 15.8 Å². The molecule has 31 heavy (non-hydrogen) atoms. The van der Waals surface area contributed by atoms with Crippen molar-refractivity contribution in [2.24, 2.45) is 4.99 Å². The molecule has 0 radical (unpaired) electrons. The zero-order valence-electron chi connectivity index (χ0n) is 18.8. The number of nitrogens with one attached hydrogen (secondary N) is 2. The molecule has 1 heterocycles. The maximum absolute atomic E-state index is 11.8. The van der Waals surface area contributed by atoms with Crippen molar-refractivity contribution in [3.8, 4) is 11.5 Å². The Morgan fingerprint density at radius 3 is 2.68 bits per heavy atom. The Balaban J connectivity index is 1.73. The van der Waals surface area contributed by atoms with Gasteiger partial charge in [-0.05, 0) is 50.1 Å². The zero-order chi connectivity index (χ0) is 22.6. The van der Waals surface area contributed by atoms with Gasteiger partial charge in [0.1, 0.15) is 17.6 Å². The van der Waals surface area contributed by atoms with Gasteiger partial charge in [0.05, 0.1) is 18.6 Å². The predicted octanol–water partition coefficient (Wildman–Crippen LogP) is 2.99. The van der Waals surface area contributed by atoms with E-state index in [-0.39, 0.29) is 6.10 Å². The average Bonchev–Trinajstić information content (AvgIpc) is 3.07. The largest absolute Gasteiger partial charge is 0.496 e. The minimum atomic E-state index is -3.23. The van der Waals surface area contributed by atoms with Crippen molar-refractivity contribution >= 4 is 15.8 Å². The van der Waals surface area contributed by atoms with Gasteiger partial charge in [-0.3, -0.25) is 0 Å². The molecule has 0 saturated carbocycles. The van der Waals surface area contributed by atoms with Gasteiger partial charge >= 0.3 is 0 Å². The molecular formula is C23H31N3O4S. The number of benzene rings is 2. The number of aryl methyl sites for hydroxylation is 1. The van der Waals surface area contributed by atoms with Crippen LogP contribution in [-0.4, -0.2) is 40.4 Å². The molecule has 0 spiro atoms. The van der Waals surface area contributed by atoms with E-state index in [1.165, 1.54) is 11.8 Å². The highest BCUT2D eigenvalue weighted by Gasteiger charge is 2.21. The summed E-state index contributed by atoms with van der Waals surface area (Å²) < 4.78 is 35.1. The Kier molecular flexibility index (Phi) is 7.10. The van der Waals surface area contributed by atoms with Crippen LogP contribution in [0.2, 0.25) is 0 Å². The third-order valence-electron chi connectivity index (χ3n) is 5.15. The molecule has 0 aliphatic carbocycles. The first-order valence-electron chi connectivity index (χ1n) is 10.4. The van der Waals surface area contributed by atoms with E-state index in [1.54, 1.807) is 26.2 Å². The Morgan fingerprint density at radius 1 is 1.26 bits per heavy atom. The number of methoxy groups -OCH3 is 1. The van der Waals surface area contributed by atoms with E-state index in [2.05, 4.69) is 22.5 Å². The molecule has 0 bridgehead atoms. The standard InChI is InChI=1S/C23H31N3O4S/c1-6-24-23(25-13-17-7-8-22(15(2)9-17)31(5,27)28)26-14-19-12-21-18(10-16(3)30-21)11-20(19)29-4/h7-9,11-12,16H,6,10,13-14H2,1-5H3,(H2,24,25,26). The number of rotatable bonds is 7. The number of ether oxygens (including phenoxy) is 2. The molecule has 7 nitrogen and oxygen atoms in total. The second-order valence-electron chi connectivity index (χ2n) is 7.83. The Bertz CT molecular complexity index is 1080. The van der Waals surface area contributed by atoms with Gasteiger partial charge < -0.3 is 20.1 Å². The molecule has 1 aliphatic heterocycles. The number of sulfone groups is 1. The monoisotopic (exact) mass is 445 g/mol. The molecule has 0 saturated heterocycles.